The molecule has 2 aliphatic rings. The number of rotatable bonds is 8. The van der Waals surface area contributed by atoms with E-state index in [2.05, 4.69) is 80.8 Å². The molecule has 4 aromatic rings. The molecular weight excluding hydrogens is 586 g/mol. The Morgan fingerprint density at radius 1 is 0.889 bits per heavy atom. The lowest BCUT2D eigenvalue weighted by Gasteiger charge is -2.32. The van der Waals surface area contributed by atoms with E-state index in [1.165, 1.54) is 18.7 Å². The largest absolute Gasteiger partial charge is 0.493 e. The van der Waals surface area contributed by atoms with Gasteiger partial charge in [-0.2, -0.15) is 5.26 Å². The van der Waals surface area contributed by atoms with Crippen LogP contribution < -0.4 is 24.8 Å². The fourth-order valence-corrected chi connectivity index (χ4v) is 6.56. The van der Waals surface area contributed by atoms with E-state index in [0.717, 1.165) is 66.5 Å². The predicted octanol–water partition coefficient (Wildman–Crippen LogP) is 4.87. The lowest BCUT2D eigenvalue weighted by atomic mass is 10.1. The molecule has 0 bridgehead atoms. The minimum atomic E-state index is 0.460. The molecule has 2 saturated heterocycles. The first-order valence-electron chi connectivity index (χ1n) is 15.2. The van der Waals surface area contributed by atoms with Crippen LogP contribution in [0, 0.1) is 11.3 Å². The molecule has 0 amide bonds. The Kier molecular flexibility index (Phi) is 11.1. The summed E-state index contributed by atoms with van der Waals surface area (Å²) in [6, 6.07) is 16.8. The van der Waals surface area contributed by atoms with Gasteiger partial charge in [0.25, 0.3) is 0 Å². The summed E-state index contributed by atoms with van der Waals surface area (Å²) in [7, 11) is 9.06. The summed E-state index contributed by atoms with van der Waals surface area (Å²) in [6.07, 6.45) is 1.61. The van der Waals surface area contributed by atoms with Gasteiger partial charge in [-0.15, -0.1) is 11.3 Å². The number of thiophene rings is 1. The Morgan fingerprint density at radius 2 is 1.53 bits per heavy atom. The normalized spacial score (nSPS) is 16.0. The Hall–Kier alpha value is -3.92. The highest BCUT2D eigenvalue weighted by atomic mass is 32.1. The third-order valence-corrected chi connectivity index (χ3v) is 9.37. The Bertz CT molecular complexity index is 1580. The van der Waals surface area contributed by atoms with Crippen LogP contribution in [0.4, 0.5) is 11.4 Å². The van der Waals surface area contributed by atoms with E-state index in [-0.39, 0.29) is 0 Å². The summed E-state index contributed by atoms with van der Waals surface area (Å²) < 4.78 is 17.4. The molecular formula is C34H43N7O3S. The smallest absolute Gasteiger partial charge is 0.203 e. The summed E-state index contributed by atoms with van der Waals surface area (Å²) in [4.78, 5) is 12.9. The number of hydrogen-bond acceptors (Lipinski definition) is 11. The van der Waals surface area contributed by atoms with Gasteiger partial charge in [-0.05, 0) is 31.3 Å². The van der Waals surface area contributed by atoms with Gasteiger partial charge in [0.2, 0.25) is 5.75 Å². The first-order valence-corrected chi connectivity index (χ1v) is 16.0. The molecule has 2 fully saturated rings. The predicted molar refractivity (Wildman–Crippen MR) is 182 cm³/mol. The van der Waals surface area contributed by atoms with Crippen molar-refractivity contribution in [2.75, 3.05) is 93.1 Å². The zero-order valence-electron chi connectivity index (χ0n) is 26.9. The van der Waals surface area contributed by atoms with Crippen molar-refractivity contribution in [3.05, 3.63) is 59.8 Å². The van der Waals surface area contributed by atoms with Gasteiger partial charge in [-0.25, -0.2) is 0 Å². The van der Waals surface area contributed by atoms with Crippen LogP contribution in [-0.4, -0.2) is 107 Å². The first kappa shape index (κ1) is 32.5. The van der Waals surface area contributed by atoms with Crippen LogP contribution in [0.3, 0.4) is 0 Å². The van der Waals surface area contributed by atoms with Crippen molar-refractivity contribution >= 4 is 32.9 Å². The number of hydrogen-bond donors (Lipinski definition) is 2. The van der Waals surface area contributed by atoms with Crippen molar-refractivity contribution in [1.82, 2.24) is 25.0 Å². The first-order chi connectivity index (χ1) is 21.9. The SMILES string of the molecule is CN1CCNCC1.COc1cc(Nc2c(C#N)cnc3cc(-c4ccc(CN5CCN(C)CC5)cc4)sc23)cc(OC)c1OC. The number of benzene rings is 2. The van der Waals surface area contributed by atoms with E-state index in [9.17, 15) is 5.26 Å². The number of fused-ring (bicyclic) bond motifs is 1. The zero-order valence-corrected chi connectivity index (χ0v) is 27.7. The molecule has 0 atom stereocenters. The second-order valence-corrected chi connectivity index (χ2v) is 12.4. The third-order valence-electron chi connectivity index (χ3n) is 8.18. The maximum Gasteiger partial charge on any atom is 0.203 e. The van der Waals surface area contributed by atoms with E-state index in [1.54, 1.807) is 38.9 Å². The van der Waals surface area contributed by atoms with Crippen LogP contribution in [0.25, 0.3) is 20.7 Å². The van der Waals surface area contributed by atoms with Crippen molar-refractivity contribution < 1.29 is 14.2 Å². The lowest BCUT2D eigenvalue weighted by molar-refractivity contribution is 0.148. The van der Waals surface area contributed by atoms with Gasteiger partial charge in [0, 0.05) is 87.8 Å². The van der Waals surface area contributed by atoms with Gasteiger partial charge >= 0.3 is 0 Å². The third kappa shape index (κ3) is 8.03. The monoisotopic (exact) mass is 629 g/mol. The van der Waals surface area contributed by atoms with Crippen LogP contribution in [0.1, 0.15) is 11.1 Å². The summed E-state index contributed by atoms with van der Waals surface area (Å²) in [6.45, 7) is 10.1. The molecule has 0 aliphatic carbocycles. The Balaban J connectivity index is 0.000000505. The van der Waals surface area contributed by atoms with Crippen molar-refractivity contribution in [3.8, 4) is 33.8 Å². The van der Waals surface area contributed by atoms with E-state index in [1.807, 2.05) is 12.1 Å². The van der Waals surface area contributed by atoms with E-state index < -0.39 is 0 Å². The molecule has 2 aromatic carbocycles. The molecule has 2 N–H and O–H groups in total. The van der Waals surface area contributed by atoms with Gasteiger partial charge in [-0.1, -0.05) is 24.3 Å². The number of ether oxygens (including phenoxy) is 3. The number of pyridine rings is 1. The number of methoxy groups -OCH3 is 3. The Labute approximate surface area is 270 Å². The number of nitriles is 1. The van der Waals surface area contributed by atoms with Crippen molar-refractivity contribution in [2.24, 2.45) is 0 Å². The van der Waals surface area contributed by atoms with Crippen LogP contribution >= 0.6 is 11.3 Å². The maximum absolute atomic E-state index is 9.84. The second-order valence-electron chi connectivity index (χ2n) is 11.4. The molecule has 10 nitrogen and oxygen atoms in total. The molecule has 0 radical (unpaired) electrons. The number of anilines is 2. The fraction of sp³-hybridized carbons (Fsp3) is 0.412. The summed E-state index contributed by atoms with van der Waals surface area (Å²) in [5.41, 5.74) is 5.16. The number of nitrogens with zero attached hydrogens (tertiary/aromatic N) is 5. The minimum absolute atomic E-state index is 0.460. The topological polar surface area (TPSA) is 98.2 Å². The highest BCUT2D eigenvalue weighted by Crippen LogP contribution is 2.43. The van der Waals surface area contributed by atoms with Crippen molar-refractivity contribution in [1.29, 1.82) is 5.26 Å². The molecule has 2 aromatic heterocycles. The molecule has 0 saturated carbocycles. The van der Waals surface area contributed by atoms with Gasteiger partial charge in [-0.3, -0.25) is 9.88 Å². The lowest BCUT2D eigenvalue weighted by Crippen LogP contribution is -2.43. The minimum Gasteiger partial charge on any atom is -0.493 e. The zero-order chi connectivity index (χ0) is 31.8. The molecule has 4 heterocycles. The average molecular weight is 630 g/mol. The van der Waals surface area contributed by atoms with E-state index in [4.69, 9.17) is 14.2 Å². The highest BCUT2D eigenvalue weighted by Gasteiger charge is 2.18. The molecule has 2 aliphatic heterocycles. The van der Waals surface area contributed by atoms with Crippen molar-refractivity contribution in [2.45, 2.75) is 6.54 Å². The van der Waals surface area contributed by atoms with Gasteiger partial charge in [0.05, 0.1) is 42.8 Å². The standard InChI is InChI=1S/C29H31N5O3S.C5H12N2/c1-33-9-11-34(12-10-33)18-19-5-7-20(8-6-19)26-15-23-29(38-26)27(21(16-30)17-31-23)32-22-13-24(35-2)28(37-4)25(14-22)36-3;1-7-4-2-6-3-5-7/h5-8,13-15,17H,9-12,18H2,1-4H3,(H,31,32);6H,2-5H2,1H3. The van der Waals surface area contributed by atoms with Gasteiger partial charge in [0.15, 0.2) is 11.5 Å². The summed E-state index contributed by atoms with van der Waals surface area (Å²) >= 11 is 1.62. The van der Waals surface area contributed by atoms with Gasteiger partial charge in [0.1, 0.15) is 6.07 Å². The Morgan fingerprint density at radius 3 is 2.09 bits per heavy atom. The molecule has 238 valence electrons. The highest BCUT2D eigenvalue weighted by molar-refractivity contribution is 7.22. The number of piperazine rings is 2. The van der Waals surface area contributed by atoms with Gasteiger partial charge < -0.3 is 34.6 Å². The van der Waals surface area contributed by atoms with E-state index in [0.29, 0.717) is 34.2 Å². The molecule has 0 unspecified atom stereocenters. The quantitative estimate of drug-likeness (QED) is 0.281. The summed E-state index contributed by atoms with van der Waals surface area (Å²) in [5, 5.41) is 16.5. The van der Waals surface area contributed by atoms with Crippen LogP contribution in [-0.2, 0) is 6.54 Å². The molecule has 6 rings (SSSR count). The van der Waals surface area contributed by atoms with Crippen LogP contribution in [0.5, 0.6) is 17.2 Å². The number of aromatic nitrogens is 1. The molecule has 45 heavy (non-hydrogen) atoms. The van der Waals surface area contributed by atoms with Crippen molar-refractivity contribution in [3.63, 3.8) is 0 Å². The molecule has 11 heteroatoms. The average Bonchev–Trinajstić information content (AvgIpc) is 3.51. The number of likely N-dealkylation sites (N-methyl/N-ethyl adjacent to an activating group) is 2. The molecule has 0 spiro atoms. The van der Waals surface area contributed by atoms with E-state index >= 15 is 0 Å². The fourth-order valence-electron chi connectivity index (χ4n) is 5.44. The summed E-state index contributed by atoms with van der Waals surface area (Å²) in [5.74, 6) is 1.57. The number of nitrogens with one attached hydrogen (secondary N) is 2. The maximum atomic E-state index is 9.84. The van der Waals surface area contributed by atoms with Crippen LogP contribution in [0.15, 0.2) is 48.7 Å². The van der Waals surface area contributed by atoms with Crippen LogP contribution in [0.2, 0.25) is 0 Å². The second kappa shape index (κ2) is 15.4.